The number of methoxy groups -OCH3 is 1. The van der Waals surface area contributed by atoms with E-state index in [0.29, 0.717) is 24.9 Å². The van der Waals surface area contributed by atoms with Crippen molar-refractivity contribution < 1.29 is 9.47 Å². The quantitative estimate of drug-likeness (QED) is 0.564. The van der Waals surface area contributed by atoms with Crippen LogP contribution in [0.2, 0.25) is 0 Å². The van der Waals surface area contributed by atoms with E-state index in [9.17, 15) is 0 Å². The largest absolute Gasteiger partial charge is 0.493 e. The second kappa shape index (κ2) is 9.08. The SMILES string of the molecule is CN=C(NCc1ccccc1OCC1CC1)NCc1cccnc1OC. The zero-order chi connectivity index (χ0) is 18.2. The van der Waals surface area contributed by atoms with Gasteiger partial charge >= 0.3 is 0 Å². The van der Waals surface area contributed by atoms with Gasteiger partial charge in [-0.15, -0.1) is 0 Å². The maximum Gasteiger partial charge on any atom is 0.218 e. The van der Waals surface area contributed by atoms with Crippen molar-refractivity contribution in [1.29, 1.82) is 0 Å². The molecule has 0 amide bonds. The number of nitrogens with one attached hydrogen (secondary N) is 2. The number of ether oxygens (including phenoxy) is 2. The van der Waals surface area contributed by atoms with Crippen LogP contribution in [-0.4, -0.2) is 31.7 Å². The number of para-hydroxylation sites is 1. The molecule has 1 aromatic carbocycles. The second-order valence-electron chi connectivity index (χ2n) is 6.31. The molecule has 6 heteroatoms. The molecule has 1 saturated carbocycles. The first-order valence-corrected chi connectivity index (χ1v) is 8.93. The Morgan fingerprint density at radius 3 is 2.58 bits per heavy atom. The molecular formula is C20H26N4O2. The third-order valence-corrected chi connectivity index (χ3v) is 4.30. The van der Waals surface area contributed by atoms with Crippen molar-refractivity contribution in [2.24, 2.45) is 10.9 Å². The smallest absolute Gasteiger partial charge is 0.218 e. The highest BCUT2D eigenvalue weighted by Gasteiger charge is 2.22. The van der Waals surface area contributed by atoms with Gasteiger partial charge in [-0.1, -0.05) is 24.3 Å². The minimum Gasteiger partial charge on any atom is -0.493 e. The monoisotopic (exact) mass is 354 g/mol. The van der Waals surface area contributed by atoms with Crippen LogP contribution >= 0.6 is 0 Å². The molecular weight excluding hydrogens is 328 g/mol. The van der Waals surface area contributed by atoms with Gasteiger partial charge in [0.15, 0.2) is 5.96 Å². The lowest BCUT2D eigenvalue weighted by Crippen LogP contribution is -2.36. The highest BCUT2D eigenvalue weighted by Crippen LogP contribution is 2.30. The average molecular weight is 354 g/mol. The van der Waals surface area contributed by atoms with Crippen molar-refractivity contribution in [3.05, 3.63) is 53.7 Å². The molecule has 1 aliphatic carbocycles. The number of aliphatic imine (C=N–C) groups is 1. The molecule has 0 atom stereocenters. The Labute approximate surface area is 154 Å². The van der Waals surface area contributed by atoms with E-state index in [4.69, 9.17) is 9.47 Å². The Hall–Kier alpha value is -2.76. The van der Waals surface area contributed by atoms with Gasteiger partial charge in [0.05, 0.1) is 13.7 Å². The lowest BCUT2D eigenvalue weighted by Gasteiger charge is -2.15. The Kier molecular flexibility index (Phi) is 6.30. The van der Waals surface area contributed by atoms with Gasteiger partial charge in [-0.25, -0.2) is 4.98 Å². The minimum atomic E-state index is 0.580. The summed E-state index contributed by atoms with van der Waals surface area (Å²) in [5, 5.41) is 6.62. The van der Waals surface area contributed by atoms with Crippen LogP contribution < -0.4 is 20.1 Å². The van der Waals surface area contributed by atoms with Crippen molar-refractivity contribution in [2.75, 3.05) is 20.8 Å². The van der Waals surface area contributed by atoms with Crippen LogP contribution in [0.25, 0.3) is 0 Å². The highest BCUT2D eigenvalue weighted by atomic mass is 16.5. The summed E-state index contributed by atoms with van der Waals surface area (Å²) in [7, 11) is 3.38. The third-order valence-electron chi connectivity index (χ3n) is 4.30. The maximum atomic E-state index is 5.96. The predicted octanol–water partition coefficient (Wildman–Crippen LogP) is 2.74. The highest BCUT2D eigenvalue weighted by molar-refractivity contribution is 5.79. The van der Waals surface area contributed by atoms with E-state index in [1.165, 1.54) is 12.8 Å². The van der Waals surface area contributed by atoms with Gasteiger partial charge in [0.2, 0.25) is 5.88 Å². The minimum absolute atomic E-state index is 0.580. The molecule has 0 bridgehead atoms. The van der Waals surface area contributed by atoms with E-state index in [1.54, 1.807) is 20.4 Å². The molecule has 1 heterocycles. The topological polar surface area (TPSA) is 67.8 Å². The van der Waals surface area contributed by atoms with E-state index in [2.05, 4.69) is 26.7 Å². The Bertz CT molecular complexity index is 744. The molecule has 3 rings (SSSR count). The van der Waals surface area contributed by atoms with E-state index in [-0.39, 0.29) is 0 Å². The summed E-state index contributed by atoms with van der Waals surface area (Å²) in [6, 6.07) is 12.0. The molecule has 0 unspecified atom stereocenters. The molecule has 0 saturated heterocycles. The van der Waals surface area contributed by atoms with E-state index >= 15 is 0 Å². The summed E-state index contributed by atoms with van der Waals surface area (Å²) < 4.78 is 11.2. The lowest BCUT2D eigenvalue weighted by atomic mass is 10.2. The fourth-order valence-corrected chi connectivity index (χ4v) is 2.60. The van der Waals surface area contributed by atoms with E-state index in [1.807, 2.05) is 30.3 Å². The summed E-state index contributed by atoms with van der Waals surface area (Å²) in [6.07, 6.45) is 4.29. The molecule has 26 heavy (non-hydrogen) atoms. The normalized spacial score (nSPS) is 14.0. The maximum absolute atomic E-state index is 5.96. The molecule has 0 spiro atoms. The standard InChI is InChI=1S/C20H26N4O2/c1-21-20(24-13-17-7-5-11-22-19(17)25-2)23-12-16-6-3-4-8-18(16)26-14-15-9-10-15/h3-8,11,15H,9-10,12-14H2,1-2H3,(H2,21,23,24). The molecule has 6 nitrogen and oxygen atoms in total. The van der Waals surface area contributed by atoms with Gasteiger partial charge < -0.3 is 20.1 Å². The Morgan fingerprint density at radius 1 is 1.12 bits per heavy atom. The summed E-state index contributed by atoms with van der Waals surface area (Å²) in [6.45, 7) is 2.03. The van der Waals surface area contributed by atoms with Gasteiger partial charge in [-0.2, -0.15) is 0 Å². The Morgan fingerprint density at radius 2 is 1.85 bits per heavy atom. The fraction of sp³-hybridized carbons (Fsp3) is 0.400. The van der Waals surface area contributed by atoms with Gasteiger partial charge in [0.1, 0.15) is 5.75 Å². The molecule has 1 aromatic heterocycles. The van der Waals surface area contributed by atoms with Crippen molar-refractivity contribution >= 4 is 5.96 Å². The first kappa shape index (κ1) is 18.0. The lowest BCUT2D eigenvalue weighted by molar-refractivity contribution is 0.296. The molecule has 2 aromatic rings. The summed E-state index contributed by atoms with van der Waals surface area (Å²) in [4.78, 5) is 8.49. The zero-order valence-electron chi connectivity index (χ0n) is 15.4. The number of guanidine groups is 1. The van der Waals surface area contributed by atoms with E-state index in [0.717, 1.165) is 29.4 Å². The zero-order valence-corrected chi connectivity index (χ0v) is 15.4. The molecule has 1 fully saturated rings. The summed E-state index contributed by atoms with van der Waals surface area (Å²) in [5.74, 6) is 3.01. The molecule has 138 valence electrons. The summed E-state index contributed by atoms with van der Waals surface area (Å²) >= 11 is 0. The van der Waals surface area contributed by atoms with Crippen LogP contribution in [0, 0.1) is 5.92 Å². The number of rotatable bonds is 8. The van der Waals surface area contributed by atoms with Crippen molar-refractivity contribution in [1.82, 2.24) is 15.6 Å². The van der Waals surface area contributed by atoms with E-state index < -0.39 is 0 Å². The van der Waals surface area contributed by atoms with Crippen LogP contribution in [-0.2, 0) is 13.1 Å². The van der Waals surface area contributed by atoms with Gasteiger partial charge in [0.25, 0.3) is 0 Å². The van der Waals surface area contributed by atoms with Crippen LogP contribution in [0.3, 0.4) is 0 Å². The summed E-state index contributed by atoms with van der Waals surface area (Å²) in [5.41, 5.74) is 2.10. The fourth-order valence-electron chi connectivity index (χ4n) is 2.60. The number of aromatic nitrogens is 1. The second-order valence-corrected chi connectivity index (χ2v) is 6.31. The number of benzene rings is 1. The first-order valence-electron chi connectivity index (χ1n) is 8.93. The van der Waals surface area contributed by atoms with Crippen LogP contribution in [0.15, 0.2) is 47.6 Å². The number of nitrogens with zero attached hydrogens (tertiary/aromatic N) is 2. The predicted molar refractivity (Wildman–Crippen MR) is 102 cm³/mol. The number of hydrogen-bond donors (Lipinski definition) is 2. The number of pyridine rings is 1. The first-order chi connectivity index (χ1) is 12.8. The molecule has 1 aliphatic rings. The van der Waals surface area contributed by atoms with Crippen LogP contribution in [0.5, 0.6) is 11.6 Å². The Balaban J connectivity index is 1.54. The third kappa shape index (κ3) is 5.12. The molecule has 2 N–H and O–H groups in total. The van der Waals surface area contributed by atoms with Crippen molar-refractivity contribution in [3.63, 3.8) is 0 Å². The van der Waals surface area contributed by atoms with Crippen LogP contribution in [0.4, 0.5) is 0 Å². The van der Waals surface area contributed by atoms with Crippen LogP contribution in [0.1, 0.15) is 24.0 Å². The molecule has 0 aliphatic heterocycles. The number of hydrogen-bond acceptors (Lipinski definition) is 4. The van der Waals surface area contributed by atoms with Gasteiger partial charge in [-0.3, -0.25) is 4.99 Å². The van der Waals surface area contributed by atoms with Gasteiger partial charge in [0, 0.05) is 37.5 Å². The molecule has 0 radical (unpaired) electrons. The average Bonchev–Trinajstić information content (AvgIpc) is 3.52. The van der Waals surface area contributed by atoms with Crippen molar-refractivity contribution in [2.45, 2.75) is 25.9 Å². The van der Waals surface area contributed by atoms with Gasteiger partial charge in [-0.05, 0) is 30.9 Å². The van der Waals surface area contributed by atoms with Crippen molar-refractivity contribution in [3.8, 4) is 11.6 Å².